The van der Waals surface area contributed by atoms with Crippen LogP contribution in [-0.4, -0.2) is 18.6 Å². The minimum atomic E-state index is -0.0530. The molecule has 1 N–H and O–H groups in total. The topological polar surface area (TPSA) is 38.3 Å². The second kappa shape index (κ2) is 7.22. The van der Waals surface area contributed by atoms with Gasteiger partial charge in [-0.25, -0.2) is 0 Å². The average molecular weight is 332 g/mol. The molecule has 1 aliphatic rings. The normalized spacial score (nSPS) is 21.1. The van der Waals surface area contributed by atoms with Crippen LogP contribution >= 0.6 is 11.6 Å². The molecule has 0 heterocycles. The van der Waals surface area contributed by atoms with Crippen molar-refractivity contribution in [2.45, 2.75) is 38.6 Å². The molecule has 0 aliphatic heterocycles. The quantitative estimate of drug-likeness (QED) is 0.891. The Morgan fingerprint density at radius 1 is 1.17 bits per heavy atom. The van der Waals surface area contributed by atoms with Crippen LogP contribution in [0.5, 0.6) is 5.75 Å². The highest BCUT2D eigenvalue weighted by Gasteiger charge is 2.22. The summed E-state index contributed by atoms with van der Waals surface area (Å²) in [6, 6.07) is 11.7. The maximum absolute atomic E-state index is 12.2. The number of halogens is 1. The molecule has 3 nitrogen and oxygen atoms in total. The van der Waals surface area contributed by atoms with E-state index in [4.69, 9.17) is 16.3 Å². The van der Waals surface area contributed by atoms with E-state index in [0.29, 0.717) is 16.7 Å². The summed E-state index contributed by atoms with van der Waals surface area (Å²) < 4.78 is 5.74. The average Bonchev–Trinajstić information content (AvgIpc) is 2.57. The van der Waals surface area contributed by atoms with E-state index >= 15 is 0 Å². The van der Waals surface area contributed by atoms with Gasteiger partial charge in [-0.05, 0) is 30.9 Å². The summed E-state index contributed by atoms with van der Waals surface area (Å²) in [6.45, 7) is 2.24. The molecule has 0 saturated heterocycles. The standard InChI is InChI=1S/C19H22ClNO2/c1-13-6-2-5-9-17(13)21-19(22)12-23-18-11-10-16(20)14-7-3-4-8-15(14)18/h3-4,7-8,10-11,13,17H,2,5-6,9,12H2,1H3,(H,21,22)/t13-,17-/m0/s1. The number of hydrogen-bond donors (Lipinski definition) is 1. The van der Waals surface area contributed by atoms with E-state index in [9.17, 15) is 4.79 Å². The number of rotatable bonds is 4. The molecule has 2 atom stereocenters. The molecule has 2 aromatic rings. The van der Waals surface area contributed by atoms with E-state index in [1.165, 1.54) is 19.3 Å². The summed E-state index contributed by atoms with van der Waals surface area (Å²) >= 11 is 6.20. The van der Waals surface area contributed by atoms with E-state index in [2.05, 4.69) is 12.2 Å². The molecule has 0 radical (unpaired) electrons. The lowest BCUT2D eigenvalue weighted by molar-refractivity contribution is -0.124. The lowest BCUT2D eigenvalue weighted by Gasteiger charge is -2.29. The highest BCUT2D eigenvalue weighted by Crippen LogP contribution is 2.31. The maximum Gasteiger partial charge on any atom is 0.258 e. The largest absolute Gasteiger partial charge is 0.483 e. The molecule has 0 aromatic heterocycles. The molecule has 1 amide bonds. The van der Waals surface area contributed by atoms with Crippen molar-refractivity contribution in [3.63, 3.8) is 0 Å². The lowest BCUT2D eigenvalue weighted by atomic mass is 9.86. The summed E-state index contributed by atoms with van der Waals surface area (Å²) in [4.78, 5) is 12.2. The van der Waals surface area contributed by atoms with Crippen LogP contribution in [-0.2, 0) is 4.79 Å². The van der Waals surface area contributed by atoms with E-state index in [1.807, 2.05) is 30.3 Å². The van der Waals surface area contributed by atoms with Gasteiger partial charge in [-0.15, -0.1) is 0 Å². The molecule has 0 unspecified atom stereocenters. The van der Waals surface area contributed by atoms with Crippen molar-refractivity contribution in [3.05, 3.63) is 41.4 Å². The molecule has 0 spiro atoms. The minimum absolute atomic E-state index is 0.0366. The highest BCUT2D eigenvalue weighted by molar-refractivity contribution is 6.35. The van der Waals surface area contributed by atoms with Crippen LogP contribution in [0.2, 0.25) is 5.02 Å². The highest BCUT2D eigenvalue weighted by atomic mass is 35.5. The third-order valence-corrected chi connectivity index (χ3v) is 4.98. The fourth-order valence-corrected chi connectivity index (χ4v) is 3.51. The molecule has 0 bridgehead atoms. The third-order valence-electron chi connectivity index (χ3n) is 4.65. The van der Waals surface area contributed by atoms with Crippen LogP contribution in [0.4, 0.5) is 0 Å². The number of nitrogens with one attached hydrogen (secondary N) is 1. The lowest BCUT2D eigenvalue weighted by Crippen LogP contribution is -2.43. The van der Waals surface area contributed by atoms with Crippen molar-refractivity contribution in [3.8, 4) is 5.75 Å². The van der Waals surface area contributed by atoms with Gasteiger partial charge in [-0.3, -0.25) is 4.79 Å². The first-order valence-electron chi connectivity index (χ1n) is 8.24. The van der Waals surface area contributed by atoms with Crippen LogP contribution in [0, 0.1) is 5.92 Å². The summed E-state index contributed by atoms with van der Waals surface area (Å²) in [5.74, 6) is 1.18. The number of ether oxygens (including phenoxy) is 1. The van der Waals surface area contributed by atoms with Crippen molar-refractivity contribution < 1.29 is 9.53 Å². The first kappa shape index (κ1) is 16.1. The SMILES string of the molecule is C[C@H]1CCCC[C@@H]1NC(=O)COc1ccc(Cl)c2ccccc12. The molecular weight excluding hydrogens is 310 g/mol. The molecule has 122 valence electrons. The monoisotopic (exact) mass is 331 g/mol. The van der Waals surface area contributed by atoms with Crippen molar-refractivity contribution >= 4 is 28.3 Å². The zero-order chi connectivity index (χ0) is 16.2. The van der Waals surface area contributed by atoms with Gasteiger partial charge >= 0.3 is 0 Å². The van der Waals surface area contributed by atoms with Gasteiger partial charge in [0.1, 0.15) is 5.75 Å². The number of fused-ring (bicyclic) bond motifs is 1. The molecule has 1 saturated carbocycles. The van der Waals surface area contributed by atoms with Crippen molar-refractivity contribution in [2.75, 3.05) is 6.61 Å². The molecule has 4 heteroatoms. The van der Waals surface area contributed by atoms with Gasteiger partial charge in [0.25, 0.3) is 5.91 Å². The predicted octanol–water partition coefficient (Wildman–Crippen LogP) is 4.57. The number of benzene rings is 2. The third kappa shape index (κ3) is 3.78. The summed E-state index contributed by atoms with van der Waals surface area (Å²) in [5, 5.41) is 5.66. The fourth-order valence-electron chi connectivity index (χ4n) is 3.28. The van der Waals surface area contributed by atoms with Crippen LogP contribution in [0.1, 0.15) is 32.6 Å². The van der Waals surface area contributed by atoms with Crippen molar-refractivity contribution in [1.82, 2.24) is 5.32 Å². The number of amides is 1. The molecule has 2 aromatic carbocycles. The minimum Gasteiger partial charge on any atom is -0.483 e. The van der Waals surface area contributed by atoms with Gasteiger partial charge in [-0.2, -0.15) is 0 Å². The first-order chi connectivity index (χ1) is 11.1. The van der Waals surface area contributed by atoms with E-state index < -0.39 is 0 Å². The Hall–Kier alpha value is -1.74. The van der Waals surface area contributed by atoms with Crippen LogP contribution in [0.25, 0.3) is 10.8 Å². The predicted molar refractivity (Wildman–Crippen MR) is 94.0 cm³/mol. The number of carbonyl (C=O) groups is 1. The van der Waals surface area contributed by atoms with Gasteiger partial charge in [0.15, 0.2) is 6.61 Å². The smallest absolute Gasteiger partial charge is 0.258 e. The second-order valence-electron chi connectivity index (χ2n) is 6.32. The van der Waals surface area contributed by atoms with Crippen LogP contribution in [0.3, 0.4) is 0 Å². The van der Waals surface area contributed by atoms with Gasteiger partial charge in [-0.1, -0.05) is 55.6 Å². The Morgan fingerprint density at radius 2 is 1.91 bits per heavy atom. The van der Waals surface area contributed by atoms with E-state index in [-0.39, 0.29) is 18.6 Å². The second-order valence-corrected chi connectivity index (χ2v) is 6.72. The zero-order valence-electron chi connectivity index (χ0n) is 13.3. The van der Waals surface area contributed by atoms with Crippen LogP contribution < -0.4 is 10.1 Å². The fraction of sp³-hybridized carbons (Fsp3) is 0.421. The van der Waals surface area contributed by atoms with Gasteiger partial charge in [0.05, 0.1) is 0 Å². The Morgan fingerprint density at radius 3 is 2.70 bits per heavy atom. The molecule has 1 fully saturated rings. The molecule has 1 aliphatic carbocycles. The summed E-state index contributed by atoms with van der Waals surface area (Å²) in [5.41, 5.74) is 0. The van der Waals surface area contributed by atoms with Crippen molar-refractivity contribution in [1.29, 1.82) is 0 Å². The van der Waals surface area contributed by atoms with Gasteiger partial charge in [0.2, 0.25) is 0 Å². The van der Waals surface area contributed by atoms with E-state index in [0.717, 1.165) is 17.2 Å². The molecule has 3 rings (SSSR count). The summed E-state index contributed by atoms with van der Waals surface area (Å²) in [6.07, 6.45) is 4.71. The Kier molecular flexibility index (Phi) is 5.06. The Balaban J connectivity index is 1.64. The van der Waals surface area contributed by atoms with Gasteiger partial charge in [0, 0.05) is 21.8 Å². The maximum atomic E-state index is 12.2. The Labute approximate surface area is 142 Å². The zero-order valence-corrected chi connectivity index (χ0v) is 14.1. The number of carbonyl (C=O) groups excluding carboxylic acids is 1. The Bertz CT molecular complexity index is 701. The van der Waals surface area contributed by atoms with E-state index in [1.54, 1.807) is 6.07 Å². The molecular formula is C19H22ClNO2. The van der Waals surface area contributed by atoms with Crippen molar-refractivity contribution in [2.24, 2.45) is 5.92 Å². The number of hydrogen-bond acceptors (Lipinski definition) is 2. The van der Waals surface area contributed by atoms with Crippen LogP contribution in [0.15, 0.2) is 36.4 Å². The molecule has 23 heavy (non-hydrogen) atoms. The van der Waals surface area contributed by atoms with Gasteiger partial charge < -0.3 is 10.1 Å². The summed E-state index contributed by atoms with van der Waals surface area (Å²) in [7, 11) is 0. The first-order valence-corrected chi connectivity index (χ1v) is 8.62.